The predicted octanol–water partition coefficient (Wildman–Crippen LogP) is 5.18. The Labute approximate surface area is 155 Å². The van der Waals surface area contributed by atoms with Crippen LogP contribution in [0.1, 0.15) is 50.3 Å². The molecule has 136 valence electrons. The smallest absolute Gasteiger partial charge is 0.247 e. The highest BCUT2D eigenvalue weighted by Crippen LogP contribution is 2.23. The van der Waals surface area contributed by atoms with Gasteiger partial charge in [0.05, 0.1) is 6.54 Å². The van der Waals surface area contributed by atoms with Gasteiger partial charge in [-0.1, -0.05) is 69.7 Å². The van der Waals surface area contributed by atoms with Crippen molar-refractivity contribution >= 4 is 0 Å². The molecule has 26 heavy (non-hydrogen) atoms. The van der Waals surface area contributed by atoms with Gasteiger partial charge in [0.15, 0.2) is 0 Å². The van der Waals surface area contributed by atoms with Crippen LogP contribution in [0.3, 0.4) is 0 Å². The summed E-state index contributed by atoms with van der Waals surface area (Å²) in [5, 5.41) is 11.9. The van der Waals surface area contributed by atoms with E-state index in [4.69, 9.17) is 4.42 Å². The van der Waals surface area contributed by atoms with Gasteiger partial charge in [-0.3, -0.25) is 0 Å². The molecule has 0 fully saturated rings. The third kappa shape index (κ3) is 4.58. The first-order valence-electron chi connectivity index (χ1n) is 9.37. The van der Waals surface area contributed by atoms with Crippen molar-refractivity contribution in [1.29, 1.82) is 0 Å². The van der Waals surface area contributed by atoms with E-state index in [9.17, 15) is 0 Å². The molecule has 0 bridgehead atoms. The molecule has 4 heteroatoms. The van der Waals surface area contributed by atoms with Crippen LogP contribution in [0.25, 0.3) is 11.5 Å². The Morgan fingerprint density at radius 3 is 2.35 bits per heavy atom. The molecule has 1 N–H and O–H groups in total. The van der Waals surface area contributed by atoms with Crippen LogP contribution in [0.4, 0.5) is 0 Å². The quantitative estimate of drug-likeness (QED) is 0.609. The van der Waals surface area contributed by atoms with E-state index in [0.29, 0.717) is 24.2 Å². The third-order valence-corrected chi connectivity index (χ3v) is 4.50. The summed E-state index contributed by atoms with van der Waals surface area (Å²) < 4.78 is 5.80. The Morgan fingerprint density at radius 1 is 0.962 bits per heavy atom. The van der Waals surface area contributed by atoms with Gasteiger partial charge in [-0.15, -0.1) is 10.2 Å². The minimum Gasteiger partial charge on any atom is -0.419 e. The molecule has 1 atom stereocenters. The molecule has 3 rings (SSSR count). The Hall–Kier alpha value is -2.46. The lowest BCUT2D eigenvalue weighted by Crippen LogP contribution is -2.25. The molecule has 0 radical (unpaired) electrons. The first-order chi connectivity index (χ1) is 12.7. The summed E-state index contributed by atoms with van der Waals surface area (Å²) in [5.41, 5.74) is 3.63. The molecule has 0 amide bonds. The normalized spacial score (nSPS) is 12.5. The second kappa shape index (κ2) is 8.77. The van der Waals surface area contributed by atoms with Crippen molar-refractivity contribution in [3.63, 3.8) is 0 Å². The minimum absolute atomic E-state index is 0.248. The van der Waals surface area contributed by atoms with Gasteiger partial charge in [-0.05, 0) is 35.6 Å². The number of aryl methyl sites for hydroxylation is 1. The molecule has 1 aromatic heterocycles. The largest absolute Gasteiger partial charge is 0.419 e. The fraction of sp³-hybridized carbons (Fsp3) is 0.364. The summed E-state index contributed by atoms with van der Waals surface area (Å²) >= 11 is 0. The van der Waals surface area contributed by atoms with Gasteiger partial charge >= 0.3 is 0 Å². The first kappa shape index (κ1) is 18.3. The summed E-state index contributed by atoms with van der Waals surface area (Å²) in [6.45, 7) is 7.21. The molecule has 0 aliphatic carbocycles. The number of hydrogen-bond donors (Lipinski definition) is 1. The summed E-state index contributed by atoms with van der Waals surface area (Å²) in [4.78, 5) is 0. The lowest BCUT2D eigenvalue weighted by Gasteiger charge is -2.22. The monoisotopic (exact) mass is 349 g/mol. The van der Waals surface area contributed by atoms with Crippen molar-refractivity contribution in [2.45, 2.75) is 46.2 Å². The molecule has 1 heterocycles. The van der Waals surface area contributed by atoms with E-state index < -0.39 is 0 Å². The average molecular weight is 349 g/mol. The molecular weight excluding hydrogens is 322 g/mol. The highest BCUT2D eigenvalue weighted by molar-refractivity contribution is 5.51. The lowest BCUT2D eigenvalue weighted by molar-refractivity contribution is 0.380. The molecule has 0 saturated heterocycles. The van der Waals surface area contributed by atoms with E-state index in [1.54, 1.807) is 0 Å². The van der Waals surface area contributed by atoms with Crippen LogP contribution in [0.2, 0.25) is 0 Å². The average Bonchev–Trinajstić information content (AvgIpc) is 3.13. The zero-order valence-corrected chi connectivity index (χ0v) is 15.8. The number of aromatic nitrogens is 2. The Morgan fingerprint density at radius 2 is 1.69 bits per heavy atom. The van der Waals surface area contributed by atoms with Crippen LogP contribution < -0.4 is 5.32 Å². The molecule has 0 saturated carbocycles. The van der Waals surface area contributed by atoms with Gasteiger partial charge in [0.1, 0.15) is 0 Å². The van der Waals surface area contributed by atoms with Gasteiger partial charge in [-0.2, -0.15) is 0 Å². The molecular formula is C22H27N3O. The SMILES string of the molecule is CCCc1ccc(C(NCc2nnc(-c3ccccc3)o2)C(C)C)cc1. The van der Waals surface area contributed by atoms with Crippen molar-refractivity contribution in [2.75, 3.05) is 0 Å². The van der Waals surface area contributed by atoms with Crippen LogP contribution in [-0.2, 0) is 13.0 Å². The molecule has 2 aromatic carbocycles. The Bertz CT molecular complexity index is 794. The van der Waals surface area contributed by atoms with Crippen molar-refractivity contribution in [2.24, 2.45) is 5.92 Å². The summed E-state index contributed by atoms with van der Waals surface area (Å²) in [5.74, 6) is 1.63. The van der Waals surface area contributed by atoms with Gasteiger partial charge in [0.25, 0.3) is 0 Å². The van der Waals surface area contributed by atoms with Gasteiger partial charge in [0.2, 0.25) is 11.8 Å². The van der Waals surface area contributed by atoms with E-state index in [-0.39, 0.29) is 6.04 Å². The standard InChI is InChI=1S/C22H27N3O/c1-4-8-17-11-13-18(14-12-17)21(16(2)3)23-15-20-24-25-22(26-20)19-9-6-5-7-10-19/h5-7,9-14,16,21,23H,4,8,15H2,1-3H3. The maximum Gasteiger partial charge on any atom is 0.247 e. The zero-order chi connectivity index (χ0) is 18.4. The van der Waals surface area contributed by atoms with Crippen molar-refractivity contribution in [3.8, 4) is 11.5 Å². The highest BCUT2D eigenvalue weighted by Gasteiger charge is 2.17. The van der Waals surface area contributed by atoms with Crippen LogP contribution >= 0.6 is 0 Å². The fourth-order valence-corrected chi connectivity index (χ4v) is 3.14. The molecule has 3 aromatic rings. The number of nitrogens with zero attached hydrogens (tertiary/aromatic N) is 2. The minimum atomic E-state index is 0.248. The Balaban J connectivity index is 1.67. The van der Waals surface area contributed by atoms with Crippen LogP contribution in [0.5, 0.6) is 0 Å². The zero-order valence-electron chi connectivity index (χ0n) is 15.8. The topological polar surface area (TPSA) is 51.0 Å². The summed E-state index contributed by atoms with van der Waals surface area (Å²) in [7, 11) is 0. The molecule has 0 aliphatic rings. The second-order valence-electron chi connectivity index (χ2n) is 6.96. The third-order valence-electron chi connectivity index (χ3n) is 4.50. The first-order valence-corrected chi connectivity index (χ1v) is 9.37. The van der Waals surface area contributed by atoms with E-state index in [2.05, 4.69) is 60.6 Å². The van der Waals surface area contributed by atoms with E-state index in [0.717, 1.165) is 12.0 Å². The number of benzene rings is 2. The molecule has 0 spiro atoms. The fourth-order valence-electron chi connectivity index (χ4n) is 3.14. The molecule has 1 unspecified atom stereocenters. The van der Waals surface area contributed by atoms with Gasteiger partial charge in [-0.25, -0.2) is 0 Å². The number of rotatable bonds is 8. The molecule has 0 aliphatic heterocycles. The van der Waals surface area contributed by atoms with Crippen LogP contribution in [0.15, 0.2) is 59.0 Å². The lowest BCUT2D eigenvalue weighted by atomic mass is 9.94. The molecule has 4 nitrogen and oxygen atoms in total. The number of nitrogens with one attached hydrogen (secondary N) is 1. The van der Waals surface area contributed by atoms with E-state index in [1.807, 2.05) is 30.3 Å². The predicted molar refractivity (Wildman–Crippen MR) is 105 cm³/mol. The van der Waals surface area contributed by atoms with Crippen LogP contribution in [0, 0.1) is 5.92 Å². The van der Waals surface area contributed by atoms with E-state index >= 15 is 0 Å². The van der Waals surface area contributed by atoms with Gasteiger partial charge < -0.3 is 9.73 Å². The van der Waals surface area contributed by atoms with Crippen molar-refractivity contribution < 1.29 is 4.42 Å². The maximum absolute atomic E-state index is 5.80. The van der Waals surface area contributed by atoms with Gasteiger partial charge in [0, 0.05) is 11.6 Å². The summed E-state index contributed by atoms with van der Waals surface area (Å²) in [6, 6.07) is 19.0. The van der Waals surface area contributed by atoms with Crippen molar-refractivity contribution in [1.82, 2.24) is 15.5 Å². The van der Waals surface area contributed by atoms with Crippen molar-refractivity contribution in [3.05, 3.63) is 71.6 Å². The van der Waals surface area contributed by atoms with Crippen LogP contribution in [-0.4, -0.2) is 10.2 Å². The number of hydrogen-bond acceptors (Lipinski definition) is 4. The highest BCUT2D eigenvalue weighted by atomic mass is 16.4. The second-order valence-corrected chi connectivity index (χ2v) is 6.96. The van der Waals surface area contributed by atoms with E-state index in [1.165, 1.54) is 17.5 Å². The Kier molecular flexibility index (Phi) is 6.18. The maximum atomic E-state index is 5.80. The summed E-state index contributed by atoms with van der Waals surface area (Å²) in [6.07, 6.45) is 2.30.